The number of halogens is 2. The van der Waals surface area contributed by atoms with Crippen LogP contribution in [0.5, 0.6) is 0 Å². The predicted octanol–water partition coefficient (Wildman–Crippen LogP) is 4.88. The third-order valence-electron chi connectivity index (χ3n) is 2.99. The van der Waals surface area contributed by atoms with E-state index in [1.54, 1.807) is 17.8 Å². The predicted molar refractivity (Wildman–Crippen MR) is 89.8 cm³/mol. The van der Waals surface area contributed by atoms with Crippen LogP contribution in [0.2, 0.25) is 10.0 Å². The maximum Gasteiger partial charge on any atom is 0.232 e. The lowest BCUT2D eigenvalue weighted by Gasteiger charge is -2.20. The zero-order valence-electron chi connectivity index (χ0n) is 12.0. The first-order chi connectivity index (χ1) is 9.58. The lowest BCUT2D eigenvalue weighted by atomic mass is 10.2. The van der Waals surface area contributed by atoms with Gasteiger partial charge in [-0.1, -0.05) is 42.6 Å². The Morgan fingerprint density at radius 2 is 2.00 bits per heavy atom. The number of nitrogens with zero attached hydrogens (tertiary/aromatic N) is 1. The molecule has 0 radical (unpaired) electrons. The number of thioether (sulfide) groups is 1. The molecule has 0 aliphatic carbocycles. The Labute approximate surface area is 135 Å². The molecule has 0 atom stereocenters. The van der Waals surface area contributed by atoms with Gasteiger partial charge in [0.25, 0.3) is 0 Å². The van der Waals surface area contributed by atoms with Gasteiger partial charge in [0.2, 0.25) is 5.91 Å². The fraction of sp³-hybridized carbons (Fsp3) is 0.533. The summed E-state index contributed by atoms with van der Waals surface area (Å²) in [5.74, 6) is 1.50. The van der Waals surface area contributed by atoms with E-state index in [2.05, 4.69) is 6.92 Å². The van der Waals surface area contributed by atoms with Crippen molar-refractivity contribution in [1.82, 2.24) is 4.90 Å². The van der Waals surface area contributed by atoms with Crippen LogP contribution in [-0.4, -0.2) is 29.6 Å². The van der Waals surface area contributed by atoms with Crippen LogP contribution in [0.25, 0.3) is 0 Å². The van der Waals surface area contributed by atoms with Gasteiger partial charge >= 0.3 is 0 Å². The molecule has 0 aliphatic rings. The van der Waals surface area contributed by atoms with Gasteiger partial charge in [0, 0.05) is 18.8 Å². The molecule has 5 heteroatoms. The molecule has 0 saturated carbocycles. The third kappa shape index (κ3) is 5.94. The first-order valence-electron chi connectivity index (χ1n) is 6.87. The Balaban J connectivity index is 2.38. The third-order valence-corrected chi connectivity index (χ3v) is 4.72. The minimum absolute atomic E-state index is 0.214. The molecule has 0 bridgehead atoms. The van der Waals surface area contributed by atoms with Crippen LogP contribution in [-0.2, 0) is 10.5 Å². The molecule has 0 N–H and O–H groups in total. The van der Waals surface area contributed by atoms with E-state index in [9.17, 15) is 4.79 Å². The molecule has 2 nitrogen and oxygen atoms in total. The second-order valence-electron chi connectivity index (χ2n) is 4.57. The topological polar surface area (TPSA) is 20.3 Å². The van der Waals surface area contributed by atoms with E-state index >= 15 is 0 Å². The fourth-order valence-corrected chi connectivity index (χ4v) is 2.98. The Hall–Kier alpha value is -0.380. The molecular weight excluding hydrogens is 313 g/mol. The molecule has 1 amide bonds. The first kappa shape index (κ1) is 17.7. The van der Waals surface area contributed by atoms with Crippen LogP contribution in [0.3, 0.4) is 0 Å². The number of benzene rings is 1. The van der Waals surface area contributed by atoms with Crippen molar-refractivity contribution < 1.29 is 4.79 Å². The van der Waals surface area contributed by atoms with E-state index in [4.69, 9.17) is 23.2 Å². The number of hydrogen-bond donors (Lipinski definition) is 0. The van der Waals surface area contributed by atoms with Crippen molar-refractivity contribution in [2.75, 3.05) is 18.8 Å². The monoisotopic (exact) mass is 333 g/mol. The molecule has 0 unspecified atom stereocenters. The van der Waals surface area contributed by atoms with Crippen molar-refractivity contribution in [2.45, 2.75) is 32.4 Å². The van der Waals surface area contributed by atoms with Gasteiger partial charge in [-0.25, -0.2) is 0 Å². The van der Waals surface area contributed by atoms with E-state index in [0.29, 0.717) is 15.8 Å². The molecule has 1 rings (SSSR count). The van der Waals surface area contributed by atoms with Crippen LogP contribution >= 0.6 is 35.0 Å². The molecule has 112 valence electrons. The van der Waals surface area contributed by atoms with Gasteiger partial charge in [-0.15, -0.1) is 11.8 Å². The summed E-state index contributed by atoms with van der Waals surface area (Å²) in [4.78, 5) is 14.0. The maximum absolute atomic E-state index is 12.0. The first-order valence-corrected chi connectivity index (χ1v) is 8.79. The second-order valence-corrected chi connectivity index (χ2v) is 6.37. The summed E-state index contributed by atoms with van der Waals surface area (Å²) in [5.41, 5.74) is 1.09. The normalized spacial score (nSPS) is 10.6. The highest BCUT2D eigenvalue weighted by Crippen LogP contribution is 2.24. The summed E-state index contributed by atoms with van der Waals surface area (Å²) in [7, 11) is 0. The molecule has 1 aromatic carbocycles. The molecular formula is C15H21Cl2NOS. The standard InChI is InChI=1S/C15H21Cl2NOS/c1-3-5-8-18(4-2)15(19)11-20-10-12-6-7-13(16)14(17)9-12/h6-7,9H,3-5,8,10-11H2,1-2H3. The Morgan fingerprint density at radius 3 is 2.60 bits per heavy atom. The molecule has 0 fully saturated rings. The lowest BCUT2D eigenvalue weighted by molar-refractivity contribution is -0.128. The largest absolute Gasteiger partial charge is 0.342 e. The number of hydrogen-bond acceptors (Lipinski definition) is 2. The summed E-state index contributed by atoms with van der Waals surface area (Å²) >= 11 is 13.5. The number of carbonyl (C=O) groups is 1. The number of rotatable bonds is 8. The van der Waals surface area contributed by atoms with E-state index in [-0.39, 0.29) is 5.91 Å². The van der Waals surface area contributed by atoms with Crippen molar-refractivity contribution in [3.05, 3.63) is 33.8 Å². The smallest absolute Gasteiger partial charge is 0.232 e. The van der Waals surface area contributed by atoms with Crippen molar-refractivity contribution >= 4 is 40.9 Å². The highest BCUT2D eigenvalue weighted by Gasteiger charge is 2.11. The van der Waals surface area contributed by atoms with Crippen LogP contribution in [0.1, 0.15) is 32.3 Å². The highest BCUT2D eigenvalue weighted by molar-refractivity contribution is 7.99. The Morgan fingerprint density at radius 1 is 1.25 bits per heavy atom. The maximum atomic E-state index is 12.0. The summed E-state index contributed by atoms with van der Waals surface area (Å²) in [6.07, 6.45) is 2.18. The van der Waals surface area contributed by atoms with E-state index < -0.39 is 0 Å². The van der Waals surface area contributed by atoms with E-state index in [1.807, 2.05) is 24.0 Å². The lowest BCUT2D eigenvalue weighted by Crippen LogP contribution is -2.33. The van der Waals surface area contributed by atoms with Gasteiger partial charge in [-0.3, -0.25) is 4.79 Å². The van der Waals surface area contributed by atoms with Gasteiger partial charge in [-0.05, 0) is 31.0 Å². The van der Waals surface area contributed by atoms with Crippen molar-refractivity contribution in [2.24, 2.45) is 0 Å². The van der Waals surface area contributed by atoms with Crippen LogP contribution in [0, 0.1) is 0 Å². The summed E-state index contributed by atoms with van der Waals surface area (Å²) in [5, 5.41) is 1.13. The van der Waals surface area contributed by atoms with Crippen LogP contribution in [0.4, 0.5) is 0 Å². The molecule has 0 heterocycles. The van der Waals surface area contributed by atoms with Crippen molar-refractivity contribution in [3.63, 3.8) is 0 Å². The fourth-order valence-electron chi connectivity index (χ4n) is 1.79. The summed E-state index contributed by atoms with van der Waals surface area (Å²) in [6.45, 7) is 5.81. The van der Waals surface area contributed by atoms with E-state index in [0.717, 1.165) is 37.2 Å². The van der Waals surface area contributed by atoms with Crippen molar-refractivity contribution in [1.29, 1.82) is 0 Å². The molecule has 0 aromatic heterocycles. The molecule has 0 aliphatic heterocycles. The van der Waals surface area contributed by atoms with Crippen LogP contribution < -0.4 is 0 Å². The molecule has 0 spiro atoms. The van der Waals surface area contributed by atoms with Gasteiger partial charge in [-0.2, -0.15) is 0 Å². The van der Waals surface area contributed by atoms with E-state index in [1.165, 1.54) is 0 Å². The average Bonchev–Trinajstić information content (AvgIpc) is 2.43. The van der Waals surface area contributed by atoms with Gasteiger partial charge in [0.05, 0.1) is 15.8 Å². The molecule has 1 aromatic rings. The summed E-state index contributed by atoms with van der Waals surface area (Å²) in [6, 6.07) is 5.59. The zero-order valence-corrected chi connectivity index (χ0v) is 14.3. The number of unbranched alkanes of at least 4 members (excludes halogenated alkanes) is 1. The zero-order chi connectivity index (χ0) is 15.0. The SMILES string of the molecule is CCCCN(CC)C(=O)CSCc1ccc(Cl)c(Cl)c1. The number of amides is 1. The van der Waals surface area contributed by atoms with Gasteiger partial charge in [0.1, 0.15) is 0 Å². The highest BCUT2D eigenvalue weighted by atomic mass is 35.5. The Kier molecular flexibility index (Phi) is 8.43. The quantitative estimate of drug-likeness (QED) is 0.676. The second kappa shape index (κ2) is 9.54. The molecule has 0 saturated heterocycles. The number of carbonyl (C=O) groups excluding carboxylic acids is 1. The summed E-state index contributed by atoms with van der Waals surface area (Å²) < 4.78 is 0. The average molecular weight is 334 g/mol. The minimum Gasteiger partial charge on any atom is -0.342 e. The van der Waals surface area contributed by atoms with Gasteiger partial charge in [0.15, 0.2) is 0 Å². The Bertz CT molecular complexity index is 440. The van der Waals surface area contributed by atoms with Gasteiger partial charge < -0.3 is 4.90 Å². The molecule has 20 heavy (non-hydrogen) atoms. The van der Waals surface area contributed by atoms with Crippen LogP contribution in [0.15, 0.2) is 18.2 Å². The van der Waals surface area contributed by atoms with Crippen molar-refractivity contribution in [3.8, 4) is 0 Å². The minimum atomic E-state index is 0.214.